The molecule has 4 heterocycles. The second-order valence-corrected chi connectivity index (χ2v) is 12.8. The van der Waals surface area contributed by atoms with Crippen LogP contribution in [0.3, 0.4) is 0 Å². The number of carbonyl (C=O) groups excluding carboxylic acids is 1. The van der Waals surface area contributed by atoms with Crippen molar-refractivity contribution >= 4 is 57.4 Å². The van der Waals surface area contributed by atoms with Crippen molar-refractivity contribution in [3.8, 4) is 11.5 Å². The summed E-state index contributed by atoms with van der Waals surface area (Å²) >= 11 is 7.57. The van der Waals surface area contributed by atoms with E-state index in [-0.39, 0.29) is 42.2 Å². The zero-order valence-corrected chi connectivity index (χ0v) is 25.3. The lowest BCUT2D eigenvalue weighted by Crippen LogP contribution is -2.33. The van der Waals surface area contributed by atoms with Crippen LogP contribution in [0, 0.1) is 18.2 Å². The van der Waals surface area contributed by atoms with Gasteiger partial charge < -0.3 is 16.2 Å². The number of nitrogen functional groups attached to an aromatic ring is 1. The van der Waals surface area contributed by atoms with Gasteiger partial charge in [0.2, 0.25) is 5.91 Å². The number of rotatable bonds is 7. The first-order valence-electron chi connectivity index (χ1n) is 13.4. The molecule has 6 rings (SSSR count). The highest BCUT2D eigenvalue weighted by molar-refractivity contribution is 7.10. The number of halogens is 2. The van der Waals surface area contributed by atoms with Crippen molar-refractivity contribution in [3.05, 3.63) is 80.0 Å². The van der Waals surface area contributed by atoms with E-state index in [1.165, 1.54) is 17.4 Å². The highest BCUT2D eigenvalue weighted by Gasteiger charge is 2.50. The van der Waals surface area contributed by atoms with E-state index in [0.29, 0.717) is 43.4 Å². The van der Waals surface area contributed by atoms with Crippen molar-refractivity contribution in [1.29, 1.82) is 0 Å². The second kappa shape index (κ2) is 10.1. The molecule has 4 N–H and O–H groups in total. The van der Waals surface area contributed by atoms with E-state index in [1.54, 1.807) is 61.2 Å². The molecule has 0 spiro atoms. The lowest BCUT2D eigenvalue weighted by molar-refractivity contribution is -0.146. The number of carboxylic acid groups (broad SMARTS) is 1. The Bertz CT molecular complexity index is 1970. The molecule has 0 bridgehead atoms. The molecule has 0 saturated carbocycles. The van der Waals surface area contributed by atoms with Crippen LogP contribution >= 0.6 is 22.9 Å². The Morgan fingerprint density at radius 3 is 2.72 bits per heavy atom. The Morgan fingerprint density at radius 2 is 1.98 bits per heavy atom. The second-order valence-electron chi connectivity index (χ2n) is 11.5. The first-order valence-corrected chi connectivity index (χ1v) is 14.6. The number of thiazole rings is 1. The van der Waals surface area contributed by atoms with Crippen molar-refractivity contribution in [2.24, 2.45) is 5.41 Å². The third-order valence-corrected chi connectivity index (χ3v) is 9.10. The predicted octanol–water partition coefficient (Wildman–Crippen LogP) is 5.59. The quantitative estimate of drug-likeness (QED) is 0.213. The van der Waals surface area contributed by atoms with Crippen LogP contribution in [0.4, 0.5) is 16.0 Å². The van der Waals surface area contributed by atoms with Crippen molar-refractivity contribution in [2.45, 2.75) is 46.1 Å². The van der Waals surface area contributed by atoms with Gasteiger partial charge in [-0.1, -0.05) is 29.3 Å². The smallest absolute Gasteiger partial charge is 0.309 e. The van der Waals surface area contributed by atoms with E-state index in [0.717, 1.165) is 5.56 Å². The number of aromatic nitrogens is 5. The van der Waals surface area contributed by atoms with E-state index in [4.69, 9.17) is 22.4 Å². The zero-order valence-electron chi connectivity index (χ0n) is 23.7. The number of fused-ring (bicyclic) bond motifs is 2. The topological polar surface area (TPSA) is 149 Å². The molecule has 0 aliphatic carbocycles. The lowest BCUT2D eigenvalue weighted by atomic mass is 9.85. The fraction of sp³-hybridized carbons (Fsp3) is 0.267. The average molecular weight is 620 g/mol. The lowest BCUT2D eigenvalue weighted by Gasteiger charge is -2.20. The van der Waals surface area contributed by atoms with Gasteiger partial charge in [-0.15, -0.1) is 11.3 Å². The summed E-state index contributed by atoms with van der Waals surface area (Å²) in [5, 5.41) is 20.5. The van der Waals surface area contributed by atoms with Gasteiger partial charge in [-0.25, -0.2) is 19.3 Å². The molecule has 0 saturated heterocycles. The fourth-order valence-electron chi connectivity index (χ4n) is 5.28. The molecule has 5 aromatic rings. The van der Waals surface area contributed by atoms with Crippen LogP contribution in [-0.4, -0.2) is 41.7 Å². The Morgan fingerprint density at radius 1 is 1.21 bits per heavy atom. The summed E-state index contributed by atoms with van der Waals surface area (Å²) in [6, 6.07) is 10.1. The van der Waals surface area contributed by atoms with Crippen LogP contribution in [0.15, 0.2) is 41.8 Å². The van der Waals surface area contributed by atoms with Crippen LogP contribution < -0.4 is 11.1 Å². The molecule has 220 valence electrons. The molecule has 0 unspecified atom stereocenters. The molecule has 43 heavy (non-hydrogen) atoms. The Labute approximate surface area is 254 Å². The fourth-order valence-corrected chi connectivity index (χ4v) is 6.43. The third-order valence-electron chi connectivity index (χ3n) is 7.75. The number of nitrogens with two attached hydrogens (primary N) is 1. The highest BCUT2D eigenvalue weighted by atomic mass is 35.5. The molecule has 1 amide bonds. The third kappa shape index (κ3) is 4.80. The van der Waals surface area contributed by atoms with Crippen molar-refractivity contribution < 1.29 is 19.1 Å². The number of nitrogens with one attached hydrogen (secondary N) is 1. The molecule has 0 radical (unpaired) electrons. The molecule has 3 aromatic heterocycles. The van der Waals surface area contributed by atoms with Gasteiger partial charge in [0.05, 0.1) is 28.7 Å². The molecule has 1 aliphatic heterocycles. The van der Waals surface area contributed by atoms with Gasteiger partial charge in [0.1, 0.15) is 33.6 Å². The standard InChI is InChI=1S/C30H27ClFN7O3S/c1-14-5-8-19(32)15(9-14)12-39-20-10-16(31)6-7-18(20)22(38-39)25-35-23(33)21-24(36-25)37-26(40)30(21,4)27-34-17(13-43-27)11-29(2,3)28(41)42/h5-10,13H,11-12H2,1-4H3,(H,41,42)(H3,33,35,36,37,40)/t30-/m0/s1. The Hall–Kier alpha value is -4.42. The van der Waals surface area contributed by atoms with Gasteiger partial charge in [0, 0.05) is 27.8 Å². The Balaban J connectivity index is 1.42. The monoisotopic (exact) mass is 619 g/mol. The molecule has 10 nitrogen and oxygen atoms in total. The molecule has 13 heteroatoms. The molecular weight excluding hydrogens is 593 g/mol. The average Bonchev–Trinajstić information content (AvgIpc) is 3.61. The highest BCUT2D eigenvalue weighted by Crippen LogP contribution is 2.46. The van der Waals surface area contributed by atoms with Crippen LogP contribution in [0.2, 0.25) is 5.02 Å². The summed E-state index contributed by atoms with van der Waals surface area (Å²) in [5.41, 5.74) is 7.57. The van der Waals surface area contributed by atoms with Crippen molar-refractivity contribution in [2.75, 3.05) is 11.1 Å². The largest absolute Gasteiger partial charge is 0.481 e. The minimum absolute atomic E-state index is 0.0739. The number of benzene rings is 2. The number of nitrogens with zero attached hydrogens (tertiary/aromatic N) is 5. The molecular formula is C30H27ClFN7O3S. The normalized spacial score (nSPS) is 16.5. The molecule has 1 aliphatic rings. The predicted molar refractivity (Wildman–Crippen MR) is 163 cm³/mol. The summed E-state index contributed by atoms with van der Waals surface area (Å²) < 4.78 is 16.3. The van der Waals surface area contributed by atoms with Gasteiger partial charge in [0.25, 0.3) is 0 Å². The van der Waals surface area contributed by atoms with Crippen molar-refractivity contribution in [3.63, 3.8) is 0 Å². The minimum Gasteiger partial charge on any atom is -0.481 e. The van der Waals surface area contributed by atoms with Gasteiger partial charge in [0.15, 0.2) is 5.82 Å². The number of aliphatic carboxylic acids is 1. The summed E-state index contributed by atoms with van der Waals surface area (Å²) in [6.45, 7) is 6.97. The van der Waals surface area contributed by atoms with E-state index in [2.05, 4.69) is 20.3 Å². The number of carbonyl (C=O) groups is 2. The summed E-state index contributed by atoms with van der Waals surface area (Å²) in [4.78, 5) is 38.9. The summed E-state index contributed by atoms with van der Waals surface area (Å²) in [5.74, 6) is -1.18. The van der Waals surface area contributed by atoms with Crippen LogP contribution in [0.5, 0.6) is 0 Å². The Kier molecular flexibility index (Phi) is 6.73. The molecule has 0 fully saturated rings. The maximum absolute atomic E-state index is 14.7. The van der Waals surface area contributed by atoms with E-state index >= 15 is 0 Å². The van der Waals surface area contributed by atoms with Gasteiger partial charge >= 0.3 is 5.97 Å². The summed E-state index contributed by atoms with van der Waals surface area (Å²) in [6.07, 6.45) is 0.195. The van der Waals surface area contributed by atoms with Gasteiger partial charge in [-0.3, -0.25) is 14.3 Å². The SMILES string of the molecule is Cc1ccc(F)c(Cn2nc(-c3nc(N)c4c(n3)NC(=O)[C@@]4(C)c3nc(CC(C)(C)C(=O)O)cs3)c3ccc(Cl)cc32)c1. The first kappa shape index (κ1) is 28.7. The van der Waals surface area contributed by atoms with E-state index in [9.17, 15) is 19.1 Å². The zero-order chi connectivity index (χ0) is 30.8. The summed E-state index contributed by atoms with van der Waals surface area (Å²) in [7, 11) is 0. The number of hydrogen-bond acceptors (Lipinski definition) is 8. The maximum Gasteiger partial charge on any atom is 0.309 e. The van der Waals surface area contributed by atoms with Crippen LogP contribution in [-0.2, 0) is 28.0 Å². The maximum atomic E-state index is 14.7. The number of anilines is 2. The molecule has 2 aromatic carbocycles. The van der Waals surface area contributed by atoms with Crippen LogP contribution in [0.1, 0.15) is 48.2 Å². The number of aryl methyl sites for hydroxylation is 1. The number of amides is 1. The van der Waals surface area contributed by atoms with Gasteiger partial charge in [-0.2, -0.15) is 5.10 Å². The number of carboxylic acids is 1. The van der Waals surface area contributed by atoms with Gasteiger partial charge in [-0.05, 0) is 52.0 Å². The first-order chi connectivity index (χ1) is 20.3. The van der Waals surface area contributed by atoms with E-state index < -0.39 is 16.8 Å². The minimum atomic E-state index is -1.29. The van der Waals surface area contributed by atoms with Crippen LogP contribution in [0.25, 0.3) is 22.4 Å². The molecule has 1 atom stereocenters. The number of hydrogen-bond donors (Lipinski definition) is 3. The van der Waals surface area contributed by atoms with Crippen molar-refractivity contribution in [1.82, 2.24) is 24.7 Å². The van der Waals surface area contributed by atoms with E-state index in [1.807, 2.05) is 6.92 Å².